The first kappa shape index (κ1) is 10.3. The van der Waals surface area contributed by atoms with E-state index in [1.165, 1.54) is 11.3 Å². The number of hydrogen-bond donors (Lipinski definition) is 1. The Morgan fingerprint density at radius 3 is 3.00 bits per heavy atom. The van der Waals surface area contributed by atoms with Crippen LogP contribution in [0.15, 0.2) is 6.20 Å². The van der Waals surface area contributed by atoms with Crippen LogP contribution >= 0.6 is 11.3 Å². The quantitative estimate of drug-likeness (QED) is 0.727. The smallest absolute Gasteiger partial charge is 0.187 e. The topological polar surface area (TPSA) is 51.4 Å². The predicted octanol–water partition coefficient (Wildman–Crippen LogP) is 1.20. The zero-order valence-electron chi connectivity index (χ0n) is 7.99. The number of likely N-dealkylation sites (N-methyl/N-ethyl adjacent to an activating group) is 1. The van der Waals surface area contributed by atoms with Crippen LogP contribution in [0.4, 0.5) is 10.1 Å². The van der Waals surface area contributed by atoms with Gasteiger partial charge in [0.15, 0.2) is 5.13 Å². The number of nitrogen functional groups attached to an aromatic ring is 1. The van der Waals surface area contributed by atoms with Crippen LogP contribution in [0.5, 0.6) is 0 Å². The van der Waals surface area contributed by atoms with E-state index in [0.717, 1.165) is 29.9 Å². The van der Waals surface area contributed by atoms with Crippen molar-refractivity contribution in [2.24, 2.45) is 0 Å². The van der Waals surface area contributed by atoms with Crippen LogP contribution in [0.25, 0.3) is 0 Å². The lowest BCUT2D eigenvalue weighted by Crippen LogP contribution is -2.22. The second-order valence-corrected chi connectivity index (χ2v) is 3.70. The summed E-state index contributed by atoms with van der Waals surface area (Å²) in [6, 6.07) is 0. The molecule has 0 saturated carbocycles. The molecule has 2 N–H and O–H groups in total. The standard InChI is InChI=1S/C8H15N3OS/c1-3-12-5-4-11(2)8-10-6-7(9)13-8/h6H,3-5,9H2,1-2H3. The van der Waals surface area contributed by atoms with Crippen molar-refractivity contribution in [1.82, 2.24) is 4.98 Å². The van der Waals surface area contributed by atoms with Crippen molar-refractivity contribution in [3.8, 4) is 0 Å². The third kappa shape index (κ3) is 3.20. The Labute approximate surface area is 82.3 Å². The van der Waals surface area contributed by atoms with Crippen molar-refractivity contribution in [3.05, 3.63) is 6.20 Å². The molecule has 1 rings (SSSR count). The minimum absolute atomic E-state index is 0.729. The van der Waals surface area contributed by atoms with Crippen molar-refractivity contribution in [1.29, 1.82) is 0 Å². The lowest BCUT2D eigenvalue weighted by molar-refractivity contribution is 0.154. The van der Waals surface area contributed by atoms with Gasteiger partial charge in [0.2, 0.25) is 0 Å². The van der Waals surface area contributed by atoms with Gasteiger partial charge in [0.1, 0.15) is 5.00 Å². The molecule has 0 aliphatic carbocycles. The van der Waals surface area contributed by atoms with Crippen LogP contribution in [0.1, 0.15) is 6.92 Å². The van der Waals surface area contributed by atoms with Gasteiger partial charge in [-0.3, -0.25) is 0 Å². The molecule has 0 aromatic carbocycles. The zero-order valence-corrected chi connectivity index (χ0v) is 8.80. The molecule has 0 unspecified atom stereocenters. The Morgan fingerprint density at radius 2 is 2.46 bits per heavy atom. The molecular formula is C8H15N3OS. The second-order valence-electron chi connectivity index (χ2n) is 2.66. The van der Waals surface area contributed by atoms with Gasteiger partial charge in [-0.2, -0.15) is 0 Å². The fourth-order valence-corrected chi connectivity index (χ4v) is 1.56. The monoisotopic (exact) mass is 201 g/mol. The number of aromatic nitrogens is 1. The summed E-state index contributed by atoms with van der Waals surface area (Å²) in [4.78, 5) is 6.20. The van der Waals surface area contributed by atoms with E-state index in [2.05, 4.69) is 4.98 Å². The van der Waals surface area contributed by atoms with Crippen LogP contribution in [0, 0.1) is 0 Å². The summed E-state index contributed by atoms with van der Waals surface area (Å²) >= 11 is 1.49. The first-order chi connectivity index (χ1) is 6.24. The van der Waals surface area contributed by atoms with Crippen LogP contribution in [-0.2, 0) is 4.74 Å². The highest BCUT2D eigenvalue weighted by molar-refractivity contribution is 7.19. The van der Waals surface area contributed by atoms with Crippen molar-refractivity contribution in [3.63, 3.8) is 0 Å². The molecule has 0 aliphatic heterocycles. The highest BCUT2D eigenvalue weighted by Crippen LogP contribution is 2.22. The first-order valence-electron chi connectivity index (χ1n) is 4.24. The third-order valence-electron chi connectivity index (χ3n) is 1.61. The van der Waals surface area contributed by atoms with E-state index in [0.29, 0.717) is 0 Å². The molecular weight excluding hydrogens is 186 g/mol. The minimum atomic E-state index is 0.729. The minimum Gasteiger partial charge on any atom is -0.389 e. The molecule has 1 aromatic rings. The van der Waals surface area contributed by atoms with Crippen molar-refractivity contribution < 1.29 is 4.74 Å². The average molecular weight is 201 g/mol. The highest BCUT2D eigenvalue weighted by atomic mass is 32.1. The largest absolute Gasteiger partial charge is 0.389 e. The number of anilines is 2. The summed E-state index contributed by atoms with van der Waals surface area (Å²) in [7, 11) is 1.98. The van der Waals surface area contributed by atoms with E-state index in [-0.39, 0.29) is 0 Å². The fraction of sp³-hybridized carbons (Fsp3) is 0.625. The number of thiazole rings is 1. The number of nitrogens with two attached hydrogens (primary N) is 1. The molecule has 5 heteroatoms. The zero-order chi connectivity index (χ0) is 9.68. The number of rotatable bonds is 5. The number of ether oxygens (including phenoxy) is 1. The van der Waals surface area contributed by atoms with Gasteiger partial charge in [-0.25, -0.2) is 4.98 Å². The summed E-state index contributed by atoms with van der Waals surface area (Å²) in [6.07, 6.45) is 1.68. The molecule has 0 saturated heterocycles. The summed E-state index contributed by atoms with van der Waals surface area (Å²) in [5.41, 5.74) is 5.57. The van der Waals surface area contributed by atoms with Crippen molar-refractivity contribution in [2.75, 3.05) is 37.4 Å². The van der Waals surface area contributed by atoms with Gasteiger partial charge >= 0.3 is 0 Å². The van der Waals surface area contributed by atoms with E-state index < -0.39 is 0 Å². The van der Waals surface area contributed by atoms with Gasteiger partial charge in [-0.1, -0.05) is 11.3 Å². The first-order valence-corrected chi connectivity index (χ1v) is 5.06. The Bertz CT molecular complexity index is 251. The summed E-state index contributed by atoms with van der Waals surface area (Å²) in [6.45, 7) is 4.32. The lowest BCUT2D eigenvalue weighted by Gasteiger charge is -2.14. The SMILES string of the molecule is CCOCCN(C)c1ncc(N)s1. The fourth-order valence-electron chi connectivity index (χ4n) is 0.895. The van der Waals surface area contributed by atoms with Crippen LogP contribution < -0.4 is 10.6 Å². The molecule has 0 amide bonds. The molecule has 0 spiro atoms. The Morgan fingerprint density at radius 1 is 1.69 bits per heavy atom. The summed E-state index contributed by atoms with van der Waals surface area (Å²) < 4.78 is 5.24. The normalized spacial score (nSPS) is 10.3. The van der Waals surface area contributed by atoms with Crippen LogP contribution in [-0.4, -0.2) is 31.8 Å². The molecule has 0 fully saturated rings. The maximum Gasteiger partial charge on any atom is 0.187 e. The molecule has 0 atom stereocenters. The van der Waals surface area contributed by atoms with Gasteiger partial charge in [0, 0.05) is 20.2 Å². The van der Waals surface area contributed by atoms with Crippen LogP contribution in [0.3, 0.4) is 0 Å². The van der Waals surface area contributed by atoms with Gasteiger partial charge < -0.3 is 15.4 Å². The molecule has 1 aromatic heterocycles. The maximum absolute atomic E-state index is 5.57. The van der Waals surface area contributed by atoms with E-state index in [1.807, 2.05) is 18.9 Å². The Hall–Kier alpha value is -0.810. The Kier molecular flexibility index (Phi) is 3.98. The van der Waals surface area contributed by atoms with Gasteiger partial charge in [-0.05, 0) is 6.92 Å². The summed E-state index contributed by atoms with van der Waals surface area (Å²) in [5, 5.41) is 1.69. The molecule has 0 radical (unpaired) electrons. The van der Waals surface area contributed by atoms with Crippen LogP contribution in [0.2, 0.25) is 0 Å². The molecule has 13 heavy (non-hydrogen) atoms. The van der Waals surface area contributed by atoms with E-state index in [1.54, 1.807) is 6.20 Å². The van der Waals surface area contributed by atoms with Crippen molar-refractivity contribution in [2.45, 2.75) is 6.92 Å². The molecule has 0 bridgehead atoms. The van der Waals surface area contributed by atoms with Gasteiger partial charge in [0.05, 0.1) is 12.8 Å². The number of hydrogen-bond acceptors (Lipinski definition) is 5. The molecule has 0 aliphatic rings. The van der Waals surface area contributed by atoms with Crippen molar-refractivity contribution >= 4 is 21.5 Å². The van der Waals surface area contributed by atoms with E-state index in [4.69, 9.17) is 10.5 Å². The Balaban J connectivity index is 2.35. The maximum atomic E-state index is 5.57. The van der Waals surface area contributed by atoms with E-state index >= 15 is 0 Å². The third-order valence-corrected chi connectivity index (χ3v) is 2.55. The number of nitrogens with zero attached hydrogens (tertiary/aromatic N) is 2. The predicted molar refractivity (Wildman–Crippen MR) is 56.3 cm³/mol. The van der Waals surface area contributed by atoms with Gasteiger partial charge in [0.25, 0.3) is 0 Å². The highest BCUT2D eigenvalue weighted by Gasteiger charge is 2.04. The van der Waals surface area contributed by atoms with Gasteiger partial charge in [-0.15, -0.1) is 0 Å². The average Bonchev–Trinajstić information content (AvgIpc) is 2.52. The lowest BCUT2D eigenvalue weighted by atomic mass is 10.6. The molecule has 1 heterocycles. The summed E-state index contributed by atoms with van der Waals surface area (Å²) in [5.74, 6) is 0. The molecule has 4 nitrogen and oxygen atoms in total. The molecule has 74 valence electrons. The van der Waals surface area contributed by atoms with E-state index in [9.17, 15) is 0 Å². The second kappa shape index (κ2) is 5.04.